The summed E-state index contributed by atoms with van der Waals surface area (Å²) in [6, 6.07) is 5.27. The molecule has 0 atom stereocenters. The van der Waals surface area contributed by atoms with E-state index in [2.05, 4.69) is 15.1 Å². The number of nitrogen functional groups attached to an aromatic ring is 1. The van der Waals surface area contributed by atoms with Crippen molar-refractivity contribution in [3.05, 3.63) is 35.5 Å². The van der Waals surface area contributed by atoms with Gasteiger partial charge >= 0.3 is 0 Å². The van der Waals surface area contributed by atoms with Crippen molar-refractivity contribution >= 4 is 5.84 Å². The molecule has 0 unspecified atom stereocenters. The first-order chi connectivity index (χ1) is 7.58. The molecule has 0 spiro atoms. The van der Waals surface area contributed by atoms with Crippen LogP contribution in [0.5, 0.6) is 0 Å². The minimum Gasteiger partial charge on any atom is -0.382 e. The van der Waals surface area contributed by atoms with Crippen LogP contribution in [0.1, 0.15) is 17.3 Å². The SMILES string of the molecule is Cc1nc(C)n(-c2cccc(C(=N)N)n2)n1. The van der Waals surface area contributed by atoms with Gasteiger partial charge in [-0.1, -0.05) is 6.07 Å². The molecular formula is C10H12N6. The molecule has 0 aliphatic heterocycles. The van der Waals surface area contributed by atoms with Gasteiger partial charge < -0.3 is 5.73 Å². The van der Waals surface area contributed by atoms with E-state index >= 15 is 0 Å². The third-order valence-electron chi connectivity index (χ3n) is 2.10. The molecule has 2 heterocycles. The Morgan fingerprint density at radius 2 is 2.06 bits per heavy atom. The van der Waals surface area contributed by atoms with Crippen molar-refractivity contribution in [3.8, 4) is 5.82 Å². The number of aryl methyl sites for hydroxylation is 2. The Kier molecular flexibility index (Phi) is 2.40. The van der Waals surface area contributed by atoms with Gasteiger partial charge in [0, 0.05) is 0 Å². The van der Waals surface area contributed by atoms with Crippen LogP contribution in [0.15, 0.2) is 18.2 Å². The lowest BCUT2D eigenvalue weighted by molar-refractivity contribution is 0.802. The highest BCUT2D eigenvalue weighted by Crippen LogP contribution is 2.07. The minimum atomic E-state index is -0.0589. The van der Waals surface area contributed by atoms with Crippen LogP contribution in [0.3, 0.4) is 0 Å². The van der Waals surface area contributed by atoms with Crippen LogP contribution in [0, 0.1) is 19.3 Å². The molecule has 2 aromatic heterocycles. The Balaban J connectivity index is 2.52. The highest BCUT2D eigenvalue weighted by atomic mass is 15.4. The number of aromatic nitrogens is 4. The van der Waals surface area contributed by atoms with Gasteiger partial charge in [0.1, 0.15) is 23.2 Å². The molecule has 2 aromatic rings. The summed E-state index contributed by atoms with van der Waals surface area (Å²) in [5.41, 5.74) is 5.81. The van der Waals surface area contributed by atoms with Crippen LogP contribution >= 0.6 is 0 Å². The first-order valence-electron chi connectivity index (χ1n) is 4.80. The average molecular weight is 216 g/mol. The van der Waals surface area contributed by atoms with Crippen molar-refractivity contribution in [3.63, 3.8) is 0 Å². The van der Waals surface area contributed by atoms with Crippen molar-refractivity contribution in [1.82, 2.24) is 19.7 Å². The Morgan fingerprint density at radius 3 is 2.62 bits per heavy atom. The highest BCUT2D eigenvalue weighted by Gasteiger charge is 2.07. The lowest BCUT2D eigenvalue weighted by Gasteiger charge is -2.03. The van der Waals surface area contributed by atoms with Crippen LogP contribution < -0.4 is 5.73 Å². The topological polar surface area (TPSA) is 93.5 Å². The van der Waals surface area contributed by atoms with Gasteiger partial charge in [-0.3, -0.25) is 5.41 Å². The largest absolute Gasteiger partial charge is 0.382 e. The van der Waals surface area contributed by atoms with E-state index in [-0.39, 0.29) is 5.84 Å². The van der Waals surface area contributed by atoms with Crippen molar-refractivity contribution in [2.24, 2.45) is 5.73 Å². The number of nitrogens with zero attached hydrogens (tertiary/aromatic N) is 4. The maximum Gasteiger partial charge on any atom is 0.156 e. The van der Waals surface area contributed by atoms with Crippen LogP contribution in [-0.4, -0.2) is 25.6 Å². The lowest BCUT2D eigenvalue weighted by atomic mass is 10.3. The fourth-order valence-electron chi connectivity index (χ4n) is 1.43. The molecule has 6 heteroatoms. The van der Waals surface area contributed by atoms with Gasteiger partial charge in [0.2, 0.25) is 0 Å². The highest BCUT2D eigenvalue weighted by molar-refractivity contribution is 5.93. The summed E-state index contributed by atoms with van der Waals surface area (Å²) in [5.74, 6) is 2.00. The maximum atomic E-state index is 7.32. The second-order valence-corrected chi connectivity index (χ2v) is 3.41. The molecule has 0 aromatic carbocycles. The minimum absolute atomic E-state index is 0.0589. The number of hydrogen-bond acceptors (Lipinski definition) is 4. The van der Waals surface area contributed by atoms with Crippen molar-refractivity contribution in [2.75, 3.05) is 0 Å². The Labute approximate surface area is 92.7 Å². The molecule has 82 valence electrons. The van der Waals surface area contributed by atoms with Gasteiger partial charge in [0.05, 0.1) is 0 Å². The first-order valence-corrected chi connectivity index (χ1v) is 4.80. The van der Waals surface area contributed by atoms with Gasteiger partial charge in [-0.15, -0.1) is 5.10 Å². The van der Waals surface area contributed by atoms with E-state index in [0.29, 0.717) is 17.3 Å². The van der Waals surface area contributed by atoms with E-state index in [1.54, 1.807) is 22.9 Å². The summed E-state index contributed by atoms with van der Waals surface area (Å²) < 4.78 is 1.63. The molecular weight excluding hydrogens is 204 g/mol. The van der Waals surface area contributed by atoms with E-state index in [1.807, 2.05) is 13.8 Å². The summed E-state index contributed by atoms with van der Waals surface area (Å²) in [6.07, 6.45) is 0. The molecule has 6 nitrogen and oxygen atoms in total. The number of rotatable bonds is 2. The zero-order valence-corrected chi connectivity index (χ0v) is 9.10. The smallest absolute Gasteiger partial charge is 0.156 e. The van der Waals surface area contributed by atoms with E-state index in [0.717, 1.165) is 5.82 Å². The monoisotopic (exact) mass is 216 g/mol. The van der Waals surface area contributed by atoms with Gasteiger partial charge in [0.15, 0.2) is 5.82 Å². The zero-order valence-electron chi connectivity index (χ0n) is 9.10. The van der Waals surface area contributed by atoms with E-state index in [9.17, 15) is 0 Å². The lowest BCUT2D eigenvalue weighted by Crippen LogP contribution is -2.14. The van der Waals surface area contributed by atoms with E-state index < -0.39 is 0 Å². The standard InChI is InChI=1S/C10H12N6/c1-6-13-7(2)16(15-6)9-5-3-4-8(14-9)10(11)12/h3-5H,1-2H3,(H3,11,12). The molecule has 3 N–H and O–H groups in total. The predicted octanol–water partition coefficient (Wildman–Crippen LogP) is 0.563. The third-order valence-corrected chi connectivity index (χ3v) is 2.10. The van der Waals surface area contributed by atoms with E-state index in [1.165, 1.54) is 0 Å². The Bertz CT molecular complexity index is 542. The normalized spacial score (nSPS) is 10.4. The second kappa shape index (κ2) is 3.73. The molecule has 0 saturated carbocycles. The molecule has 0 fully saturated rings. The number of amidine groups is 1. The van der Waals surface area contributed by atoms with Crippen LogP contribution in [0.4, 0.5) is 0 Å². The van der Waals surface area contributed by atoms with Gasteiger partial charge in [-0.25, -0.2) is 9.97 Å². The summed E-state index contributed by atoms with van der Waals surface area (Å²) >= 11 is 0. The van der Waals surface area contributed by atoms with Crippen molar-refractivity contribution in [1.29, 1.82) is 5.41 Å². The molecule has 0 aliphatic carbocycles. The third kappa shape index (κ3) is 1.77. The fourth-order valence-corrected chi connectivity index (χ4v) is 1.43. The molecule has 0 aliphatic rings. The first kappa shape index (κ1) is 10.3. The number of nitrogens with two attached hydrogens (primary N) is 1. The van der Waals surface area contributed by atoms with Crippen LogP contribution in [-0.2, 0) is 0 Å². The van der Waals surface area contributed by atoms with Gasteiger partial charge in [-0.2, -0.15) is 4.68 Å². The number of hydrogen-bond donors (Lipinski definition) is 2. The quantitative estimate of drug-likeness (QED) is 0.566. The second-order valence-electron chi connectivity index (χ2n) is 3.41. The van der Waals surface area contributed by atoms with Crippen LogP contribution in [0.2, 0.25) is 0 Å². The molecule has 0 saturated heterocycles. The van der Waals surface area contributed by atoms with Gasteiger partial charge in [-0.05, 0) is 26.0 Å². The van der Waals surface area contributed by atoms with Crippen molar-refractivity contribution in [2.45, 2.75) is 13.8 Å². The van der Waals surface area contributed by atoms with Gasteiger partial charge in [0.25, 0.3) is 0 Å². The number of pyridine rings is 1. The molecule has 2 rings (SSSR count). The fraction of sp³-hybridized carbons (Fsp3) is 0.200. The summed E-state index contributed by atoms with van der Waals surface area (Å²) in [7, 11) is 0. The van der Waals surface area contributed by atoms with Crippen LogP contribution in [0.25, 0.3) is 5.82 Å². The number of nitrogens with one attached hydrogen (secondary N) is 1. The summed E-state index contributed by atoms with van der Waals surface area (Å²) in [6.45, 7) is 3.67. The Morgan fingerprint density at radius 1 is 1.31 bits per heavy atom. The average Bonchev–Trinajstić information content (AvgIpc) is 2.58. The molecule has 0 bridgehead atoms. The molecule has 0 amide bonds. The van der Waals surface area contributed by atoms with E-state index in [4.69, 9.17) is 11.1 Å². The molecule has 16 heavy (non-hydrogen) atoms. The predicted molar refractivity (Wildman–Crippen MR) is 59.6 cm³/mol. The maximum absolute atomic E-state index is 7.32. The molecule has 0 radical (unpaired) electrons. The van der Waals surface area contributed by atoms with Crippen molar-refractivity contribution < 1.29 is 0 Å². The zero-order chi connectivity index (χ0) is 11.7. The summed E-state index contributed by atoms with van der Waals surface area (Å²) in [5, 5.41) is 11.5. The Hall–Kier alpha value is -2.24. The summed E-state index contributed by atoms with van der Waals surface area (Å²) in [4.78, 5) is 8.42.